The molecular weight excluding hydrogens is 414 g/mol. The number of aromatic nitrogens is 4. The number of hydrogen-bond donors (Lipinski definition) is 1. The summed E-state index contributed by atoms with van der Waals surface area (Å²) < 4.78 is 25.0. The Balaban J connectivity index is 1.52. The van der Waals surface area contributed by atoms with E-state index in [-0.39, 0.29) is 23.5 Å². The molecular formula is C22H25N5O3S. The minimum atomic E-state index is -3.05. The maximum absolute atomic E-state index is 12.8. The highest BCUT2D eigenvalue weighted by Crippen LogP contribution is 2.41. The van der Waals surface area contributed by atoms with Gasteiger partial charge in [-0.2, -0.15) is 5.10 Å². The minimum absolute atomic E-state index is 0.0418. The second-order valence-corrected chi connectivity index (χ2v) is 11.4. The summed E-state index contributed by atoms with van der Waals surface area (Å²) in [7, 11) is -3.05. The lowest BCUT2D eigenvalue weighted by Gasteiger charge is -2.38. The molecule has 0 spiro atoms. The van der Waals surface area contributed by atoms with Crippen LogP contribution in [0.2, 0.25) is 0 Å². The Morgan fingerprint density at radius 1 is 1.19 bits per heavy atom. The van der Waals surface area contributed by atoms with Crippen LogP contribution in [0, 0.1) is 0 Å². The summed E-state index contributed by atoms with van der Waals surface area (Å²) in [5, 5.41) is 7.65. The Hall–Kier alpha value is -2.81. The lowest BCUT2D eigenvalue weighted by molar-refractivity contribution is 0.0916. The van der Waals surface area contributed by atoms with Crippen molar-refractivity contribution in [3.8, 4) is 11.3 Å². The van der Waals surface area contributed by atoms with E-state index in [1.54, 1.807) is 19.2 Å². The maximum atomic E-state index is 12.8. The summed E-state index contributed by atoms with van der Waals surface area (Å²) in [5.74, 6) is 0.174. The van der Waals surface area contributed by atoms with Crippen molar-refractivity contribution in [1.29, 1.82) is 0 Å². The van der Waals surface area contributed by atoms with Crippen molar-refractivity contribution >= 4 is 26.8 Å². The van der Waals surface area contributed by atoms with Gasteiger partial charge in [0, 0.05) is 30.2 Å². The van der Waals surface area contributed by atoms with Gasteiger partial charge in [-0.1, -0.05) is 0 Å². The van der Waals surface area contributed by atoms with Crippen LogP contribution in [-0.2, 0) is 9.84 Å². The normalized spacial score (nSPS) is 19.4. The van der Waals surface area contributed by atoms with Crippen LogP contribution in [0.4, 0.5) is 0 Å². The van der Waals surface area contributed by atoms with Crippen molar-refractivity contribution in [2.45, 2.75) is 51.1 Å². The summed E-state index contributed by atoms with van der Waals surface area (Å²) >= 11 is 0. The standard InChI is InChI=1S/C22H25N5O3S/c1-13(2)27-18-7-17(21(28)25-22(3)11-31(29,30)12-22)10-24-20(18)19(26-27)16-6-15(8-23-9-16)14-4-5-14/h6-10,13-14H,4-5,11-12H2,1-3H3,(H,25,28). The number of fused-ring (bicyclic) bond motifs is 1. The molecule has 162 valence electrons. The number of sulfone groups is 1. The molecule has 8 nitrogen and oxygen atoms in total. The van der Waals surface area contributed by atoms with Crippen LogP contribution in [-0.4, -0.2) is 51.1 Å². The van der Waals surface area contributed by atoms with Crippen LogP contribution < -0.4 is 5.32 Å². The first-order chi connectivity index (χ1) is 14.6. The second kappa shape index (κ2) is 6.85. The predicted molar refractivity (Wildman–Crippen MR) is 118 cm³/mol. The van der Waals surface area contributed by atoms with Crippen molar-refractivity contribution in [2.24, 2.45) is 0 Å². The number of carbonyl (C=O) groups excluding carboxylic acids is 1. The quantitative estimate of drug-likeness (QED) is 0.655. The zero-order valence-corrected chi connectivity index (χ0v) is 18.6. The fourth-order valence-corrected chi connectivity index (χ4v) is 6.31. The molecule has 1 saturated carbocycles. The van der Waals surface area contributed by atoms with E-state index in [1.165, 1.54) is 24.6 Å². The average molecular weight is 440 g/mol. The second-order valence-electron chi connectivity index (χ2n) is 9.31. The molecule has 1 aliphatic carbocycles. The molecule has 0 atom stereocenters. The van der Waals surface area contributed by atoms with E-state index in [9.17, 15) is 13.2 Å². The zero-order valence-electron chi connectivity index (χ0n) is 17.8. The van der Waals surface area contributed by atoms with Gasteiger partial charge in [-0.25, -0.2) is 8.42 Å². The van der Waals surface area contributed by atoms with Gasteiger partial charge in [0.05, 0.1) is 28.1 Å². The molecule has 1 N–H and O–H groups in total. The summed E-state index contributed by atoms with van der Waals surface area (Å²) in [6.45, 7) is 5.80. The fourth-order valence-electron chi connectivity index (χ4n) is 4.31. The predicted octanol–water partition coefficient (Wildman–Crippen LogP) is 2.87. The number of nitrogens with zero attached hydrogens (tertiary/aromatic N) is 4. The molecule has 2 aliphatic rings. The molecule has 5 rings (SSSR count). The van der Waals surface area contributed by atoms with Gasteiger partial charge in [0.2, 0.25) is 0 Å². The van der Waals surface area contributed by atoms with Gasteiger partial charge in [0.15, 0.2) is 9.84 Å². The highest BCUT2D eigenvalue weighted by atomic mass is 32.2. The average Bonchev–Trinajstić information content (AvgIpc) is 3.46. The molecule has 3 aromatic heterocycles. The van der Waals surface area contributed by atoms with Gasteiger partial charge in [-0.05, 0) is 57.2 Å². The number of nitrogens with one attached hydrogen (secondary N) is 1. The monoisotopic (exact) mass is 439 g/mol. The highest BCUT2D eigenvalue weighted by Gasteiger charge is 2.45. The number of rotatable bonds is 5. The first-order valence-corrected chi connectivity index (χ1v) is 12.3. The lowest BCUT2D eigenvalue weighted by Crippen LogP contribution is -2.63. The zero-order chi connectivity index (χ0) is 22.0. The van der Waals surface area contributed by atoms with Gasteiger partial charge in [0.25, 0.3) is 5.91 Å². The van der Waals surface area contributed by atoms with Crippen LogP contribution in [0.1, 0.15) is 61.5 Å². The molecule has 31 heavy (non-hydrogen) atoms. The van der Waals surface area contributed by atoms with E-state index in [0.29, 0.717) is 11.5 Å². The molecule has 0 bridgehead atoms. The van der Waals surface area contributed by atoms with Crippen molar-refractivity contribution in [3.63, 3.8) is 0 Å². The molecule has 0 aromatic carbocycles. The number of carbonyl (C=O) groups is 1. The van der Waals surface area contributed by atoms with Crippen LogP contribution in [0.25, 0.3) is 22.3 Å². The van der Waals surface area contributed by atoms with Crippen molar-refractivity contribution in [3.05, 3.63) is 41.9 Å². The van der Waals surface area contributed by atoms with Gasteiger partial charge < -0.3 is 5.32 Å². The molecule has 2 fully saturated rings. The summed E-state index contributed by atoms with van der Waals surface area (Å²) in [5.41, 5.74) is 4.04. The molecule has 1 aliphatic heterocycles. The Labute approximate surface area is 181 Å². The number of amides is 1. The van der Waals surface area contributed by atoms with Crippen LogP contribution in [0.5, 0.6) is 0 Å². The van der Waals surface area contributed by atoms with E-state index >= 15 is 0 Å². The van der Waals surface area contributed by atoms with Crippen LogP contribution >= 0.6 is 0 Å². The van der Waals surface area contributed by atoms with Crippen molar-refractivity contribution in [2.75, 3.05) is 11.5 Å². The molecule has 1 amide bonds. The largest absolute Gasteiger partial charge is 0.345 e. The maximum Gasteiger partial charge on any atom is 0.253 e. The van der Waals surface area contributed by atoms with E-state index in [0.717, 1.165) is 22.3 Å². The first kappa shape index (κ1) is 20.1. The van der Waals surface area contributed by atoms with Gasteiger partial charge >= 0.3 is 0 Å². The topological polar surface area (TPSA) is 107 Å². The lowest BCUT2D eigenvalue weighted by atomic mass is 10.1. The minimum Gasteiger partial charge on any atom is -0.345 e. The Morgan fingerprint density at radius 2 is 1.94 bits per heavy atom. The van der Waals surface area contributed by atoms with E-state index < -0.39 is 15.4 Å². The van der Waals surface area contributed by atoms with E-state index in [2.05, 4.69) is 21.4 Å². The van der Waals surface area contributed by atoms with Crippen LogP contribution in [0.3, 0.4) is 0 Å². The summed E-state index contributed by atoms with van der Waals surface area (Å²) in [6.07, 6.45) is 7.65. The third kappa shape index (κ3) is 3.71. The molecule has 1 saturated heterocycles. The smallest absolute Gasteiger partial charge is 0.253 e. The van der Waals surface area contributed by atoms with Crippen molar-refractivity contribution < 1.29 is 13.2 Å². The molecule has 0 radical (unpaired) electrons. The van der Waals surface area contributed by atoms with Crippen molar-refractivity contribution in [1.82, 2.24) is 25.1 Å². The Morgan fingerprint density at radius 3 is 2.58 bits per heavy atom. The summed E-state index contributed by atoms with van der Waals surface area (Å²) in [6, 6.07) is 3.99. The molecule has 3 aromatic rings. The number of pyridine rings is 2. The third-order valence-electron chi connectivity index (χ3n) is 5.87. The fraction of sp³-hybridized carbons (Fsp3) is 0.455. The van der Waals surface area contributed by atoms with Gasteiger partial charge in [0.1, 0.15) is 11.2 Å². The third-order valence-corrected chi connectivity index (χ3v) is 8.03. The van der Waals surface area contributed by atoms with Gasteiger partial charge in [-0.3, -0.25) is 19.4 Å². The summed E-state index contributed by atoms with van der Waals surface area (Å²) in [4.78, 5) is 21.8. The Bertz CT molecular complexity index is 1300. The van der Waals surface area contributed by atoms with Gasteiger partial charge in [-0.15, -0.1) is 0 Å². The number of hydrogen-bond acceptors (Lipinski definition) is 6. The molecule has 9 heteroatoms. The van der Waals surface area contributed by atoms with E-state index in [1.807, 2.05) is 24.7 Å². The first-order valence-electron chi connectivity index (χ1n) is 10.5. The highest BCUT2D eigenvalue weighted by molar-refractivity contribution is 7.93. The molecule has 4 heterocycles. The molecule has 0 unspecified atom stereocenters. The van der Waals surface area contributed by atoms with Crippen LogP contribution in [0.15, 0.2) is 30.7 Å². The Kier molecular flexibility index (Phi) is 4.44. The van der Waals surface area contributed by atoms with E-state index in [4.69, 9.17) is 5.10 Å². The SMILES string of the molecule is CC(C)n1nc(-c2cncc(C3CC3)c2)c2ncc(C(=O)NC3(C)CS(=O)(=O)C3)cc21.